The Labute approximate surface area is 124 Å². The predicted octanol–water partition coefficient (Wildman–Crippen LogP) is 2.59. The van der Waals surface area contributed by atoms with E-state index in [-0.39, 0.29) is 0 Å². The van der Waals surface area contributed by atoms with Crippen molar-refractivity contribution in [1.82, 2.24) is 5.32 Å². The lowest BCUT2D eigenvalue weighted by Crippen LogP contribution is -2.23. The van der Waals surface area contributed by atoms with Crippen molar-refractivity contribution in [1.29, 1.82) is 0 Å². The van der Waals surface area contributed by atoms with E-state index in [9.17, 15) is 0 Å². The largest absolute Gasteiger partial charge is 0.454 e. The van der Waals surface area contributed by atoms with Gasteiger partial charge in [-0.05, 0) is 37.6 Å². The Morgan fingerprint density at radius 3 is 2.85 bits per heavy atom. The highest BCUT2D eigenvalue weighted by molar-refractivity contribution is 7.99. The van der Waals surface area contributed by atoms with Crippen molar-refractivity contribution < 1.29 is 14.2 Å². The second kappa shape index (κ2) is 6.70. The Kier molecular flexibility index (Phi) is 4.70. The molecule has 1 fully saturated rings. The van der Waals surface area contributed by atoms with Gasteiger partial charge in [0.2, 0.25) is 6.79 Å². The minimum Gasteiger partial charge on any atom is -0.454 e. The van der Waals surface area contributed by atoms with Gasteiger partial charge in [-0.2, -0.15) is 11.8 Å². The molecule has 0 aliphatic carbocycles. The minimum absolute atomic E-state index is 0.333. The highest BCUT2D eigenvalue weighted by atomic mass is 32.2. The van der Waals surface area contributed by atoms with E-state index in [2.05, 4.69) is 17.4 Å². The van der Waals surface area contributed by atoms with Crippen molar-refractivity contribution in [3.63, 3.8) is 0 Å². The van der Waals surface area contributed by atoms with Crippen molar-refractivity contribution in [3.05, 3.63) is 23.8 Å². The molecule has 0 spiro atoms. The Morgan fingerprint density at radius 1 is 1.25 bits per heavy atom. The number of hydrogen-bond acceptors (Lipinski definition) is 5. The number of thioether (sulfide) groups is 1. The molecular weight excluding hydrogens is 274 g/mol. The predicted molar refractivity (Wildman–Crippen MR) is 80.7 cm³/mol. The van der Waals surface area contributed by atoms with Crippen LogP contribution in [-0.2, 0) is 4.74 Å². The summed E-state index contributed by atoms with van der Waals surface area (Å²) >= 11 is 2.04. The van der Waals surface area contributed by atoms with Gasteiger partial charge >= 0.3 is 0 Å². The SMILES string of the molecule is CNC(CSC1CCOCC1)c1ccc2c(c1)OCO2. The maximum atomic E-state index is 5.45. The molecular formula is C15H21NO3S. The third-order valence-corrected chi connectivity index (χ3v) is 5.28. The maximum absolute atomic E-state index is 5.45. The second-order valence-electron chi connectivity index (χ2n) is 5.10. The van der Waals surface area contributed by atoms with Crippen molar-refractivity contribution >= 4 is 11.8 Å². The van der Waals surface area contributed by atoms with Crippen molar-refractivity contribution in [2.45, 2.75) is 24.1 Å². The molecule has 2 aliphatic heterocycles. The van der Waals surface area contributed by atoms with Gasteiger partial charge in [0.05, 0.1) is 0 Å². The van der Waals surface area contributed by atoms with E-state index in [1.165, 1.54) is 18.4 Å². The summed E-state index contributed by atoms with van der Waals surface area (Å²) in [5.74, 6) is 2.78. The smallest absolute Gasteiger partial charge is 0.231 e. The van der Waals surface area contributed by atoms with E-state index >= 15 is 0 Å². The molecule has 3 rings (SSSR count). The molecule has 1 unspecified atom stereocenters. The van der Waals surface area contributed by atoms with Gasteiger partial charge in [-0.25, -0.2) is 0 Å². The molecule has 20 heavy (non-hydrogen) atoms. The molecule has 0 radical (unpaired) electrons. The lowest BCUT2D eigenvalue weighted by atomic mass is 10.1. The van der Waals surface area contributed by atoms with Gasteiger partial charge < -0.3 is 19.5 Å². The number of ether oxygens (including phenoxy) is 3. The van der Waals surface area contributed by atoms with Gasteiger partial charge in [0.15, 0.2) is 11.5 Å². The highest BCUT2D eigenvalue weighted by Crippen LogP contribution is 2.35. The lowest BCUT2D eigenvalue weighted by molar-refractivity contribution is 0.1000. The lowest BCUT2D eigenvalue weighted by Gasteiger charge is -2.24. The van der Waals surface area contributed by atoms with Crippen LogP contribution in [0.25, 0.3) is 0 Å². The van der Waals surface area contributed by atoms with Gasteiger partial charge in [0.1, 0.15) is 0 Å². The van der Waals surface area contributed by atoms with E-state index in [1.54, 1.807) is 0 Å². The average molecular weight is 295 g/mol. The molecule has 1 aromatic carbocycles. The first-order valence-electron chi connectivity index (χ1n) is 7.13. The van der Waals surface area contributed by atoms with E-state index in [0.29, 0.717) is 12.8 Å². The molecule has 4 nitrogen and oxygen atoms in total. The third kappa shape index (κ3) is 3.22. The van der Waals surface area contributed by atoms with Crippen molar-refractivity contribution in [2.75, 3.05) is 32.8 Å². The zero-order valence-corrected chi connectivity index (χ0v) is 12.6. The molecule has 0 amide bonds. The first kappa shape index (κ1) is 14.0. The van der Waals surface area contributed by atoms with Crippen LogP contribution in [0.2, 0.25) is 0 Å². The zero-order valence-electron chi connectivity index (χ0n) is 11.8. The van der Waals surface area contributed by atoms with E-state index < -0.39 is 0 Å². The summed E-state index contributed by atoms with van der Waals surface area (Å²) in [5, 5.41) is 4.13. The molecule has 2 aliphatic rings. The van der Waals surface area contributed by atoms with E-state index in [4.69, 9.17) is 14.2 Å². The Balaban J connectivity index is 1.60. The summed E-state index contributed by atoms with van der Waals surface area (Å²) in [6, 6.07) is 6.56. The molecule has 0 bridgehead atoms. The molecule has 110 valence electrons. The van der Waals surface area contributed by atoms with E-state index in [0.717, 1.165) is 35.7 Å². The second-order valence-corrected chi connectivity index (χ2v) is 6.43. The molecule has 2 heterocycles. The topological polar surface area (TPSA) is 39.7 Å². The van der Waals surface area contributed by atoms with Crippen LogP contribution in [0.4, 0.5) is 0 Å². The molecule has 0 aromatic heterocycles. The summed E-state index contributed by atoms with van der Waals surface area (Å²) in [6.45, 7) is 2.15. The molecule has 1 saturated heterocycles. The molecule has 1 N–H and O–H groups in total. The summed E-state index contributed by atoms with van der Waals surface area (Å²) in [7, 11) is 2.01. The first-order valence-corrected chi connectivity index (χ1v) is 8.18. The Hall–Kier alpha value is -0.910. The van der Waals surface area contributed by atoms with Crippen LogP contribution in [0, 0.1) is 0 Å². The molecule has 0 saturated carbocycles. The maximum Gasteiger partial charge on any atom is 0.231 e. The normalized spacial score (nSPS) is 20.1. The van der Waals surface area contributed by atoms with Crippen LogP contribution in [0.1, 0.15) is 24.4 Å². The van der Waals surface area contributed by atoms with Crippen LogP contribution in [0.15, 0.2) is 18.2 Å². The number of fused-ring (bicyclic) bond motifs is 1. The first-order chi connectivity index (χ1) is 9.86. The summed E-state index contributed by atoms with van der Waals surface area (Å²) < 4.78 is 16.2. The third-order valence-electron chi connectivity index (χ3n) is 3.81. The molecule has 5 heteroatoms. The molecule has 1 aromatic rings. The van der Waals surface area contributed by atoms with Crippen molar-refractivity contribution in [2.24, 2.45) is 0 Å². The van der Waals surface area contributed by atoms with Crippen LogP contribution in [0.3, 0.4) is 0 Å². The van der Waals surface area contributed by atoms with Crippen LogP contribution in [0.5, 0.6) is 11.5 Å². The highest BCUT2D eigenvalue weighted by Gasteiger charge is 2.20. The number of benzene rings is 1. The van der Waals surface area contributed by atoms with Gasteiger partial charge in [0, 0.05) is 30.3 Å². The number of nitrogens with one attached hydrogen (secondary N) is 1. The van der Waals surface area contributed by atoms with Gasteiger partial charge in [-0.1, -0.05) is 6.07 Å². The average Bonchev–Trinajstić information content (AvgIpc) is 2.96. The fourth-order valence-corrected chi connectivity index (χ4v) is 3.90. The summed E-state index contributed by atoms with van der Waals surface area (Å²) in [6.07, 6.45) is 2.34. The Bertz CT molecular complexity index is 449. The number of rotatable bonds is 5. The van der Waals surface area contributed by atoms with Crippen molar-refractivity contribution in [3.8, 4) is 11.5 Å². The minimum atomic E-state index is 0.333. The Morgan fingerprint density at radius 2 is 2.05 bits per heavy atom. The van der Waals surface area contributed by atoms with Crippen LogP contribution >= 0.6 is 11.8 Å². The van der Waals surface area contributed by atoms with Gasteiger partial charge in [-0.3, -0.25) is 0 Å². The molecule has 1 atom stereocenters. The monoisotopic (exact) mass is 295 g/mol. The van der Waals surface area contributed by atoms with Crippen LogP contribution in [-0.4, -0.2) is 38.1 Å². The quantitative estimate of drug-likeness (QED) is 0.904. The van der Waals surface area contributed by atoms with Crippen LogP contribution < -0.4 is 14.8 Å². The van der Waals surface area contributed by atoms with Gasteiger partial charge in [-0.15, -0.1) is 0 Å². The standard InChI is InChI=1S/C15H21NO3S/c1-16-13(9-20-12-4-6-17-7-5-12)11-2-3-14-15(8-11)19-10-18-14/h2-3,8,12-13,16H,4-7,9-10H2,1H3. The zero-order chi connectivity index (χ0) is 13.8. The summed E-state index contributed by atoms with van der Waals surface area (Å²) in [4.78, 5) is 0. The van der Waals surface area contributed by atoms with E-state index in [1.807, 2.05) is 24.9 Å². The fourth-order valence-electron chi connectivity index (χ4n) is 2.55. The summed E-state index contributed by atoms with van der Waals surface area (Å²) in [5.41, 5.74) is 1.26. The number of hydrogen-bond donors (Lipinski definition) is 1. The van der Waals surface area contributed by atoms with Gasteiger partial charge in [0.25, 0.3) is 0 Å². The fraction of sp³-hybridized carbons (Fsp3) is 0.600.